The van der Waals surface area contributed by atoms with Crippen molar-refractivity contribution in [2.75, 3.05) is 6.61 Å². The van der Waals surface area contributed by atoms with Crippen LogP contribution in [0.4, 0.5) is 0 Å². The van der Waals surface area contributed by atoms with Crippen molar-refractivity contribution in [3.8, 4) is 5.75 Å². The number of rotatable bonds is 5. The summed E-state index contributed by atoms with van der Waals surface area (Å²) < 4.78 is 5.64. The van der Waals surface area contributed by atoms with Crippen LogP contribution < -0.4 is 10.5 Å². The molecular weight excluding hydrogens is 176 g/mol. The van der Waals surface area contributed by atoms with E-state index in [1.54, 1.807) is 6.20 Å². The van der Waals surface area contributed by atoms with Gasteiger partial charge in [0.2, 0.25) is 0 Å². The maximum atomic E-state index is 5.64. The van der Waals surface area contributed by atoms with Gasteiger partial charge < -0.3 is 10.5 Å². The molecule has 0 radical (unpaired) electrons. The van der Waals surface area contributed by atoms with E-state index in [4.69, 9.17) is 10.5 Å². The first-order valence-corrected chi connectivity index (χ1v) is 5.17. The van der Waals surface area contributed by atoms with E-state index in [-0.39, 0.29) is 0 Å². The molecule has 1 saturated carbocycles. The maximum Gasteiger partial charge on any atom is 0.142 e. The van der Waals surface area contributed by atoms with E-state index in [0.29, 0.717) is 6.54 Å². The van der Waals surface area contributed by atoms with Crippen molar-refractivity contribution >= 4 is 0 Å². The van der Waals surface area contributed by atoms with E-state index in [1.807, 2.05) is 12.1 Å². The van der Waals surface area contributed by atoms with Crippen LogP contribution >= 0.6 is 0 Å². The first-order chi connectivity index (χ1) is 6.90. The van der Waals surface area contributed by atoms with Gasteiger partial charge >= 0.3 is 0 Å². The predicted molar refractivity (Wildman–Crippen MR) is 55.0 cm³/mol. The molecule has 1 aliphatic rings. The Morgan fingerprint density at radius 3 is 3.07 bits per heavy atom. The van der Waals surface area contributed by atoms with Gasteiger partial charge in [0, 0.05) is 12.7 Å². The Morgan fingerprint density at radius 2 is 2.36 bits per heavy atom. The van der Waals surface area contributed by atoms with Crippen molar-refractivity contribution in [1.82, 2.24) is 4.98 Å². The number of hydrogen-bond donors (Lipinski definition) is 1. The molecule has 76 valence electrons. The summed E-state index contributed by atoms with van der Waals surface area (Å²) in [6.07, 6.45) is 5.66. The first-order valence-electron chi connectivity index (χ1n) is 5.17. The van der Waals surface area contributed by atoms with Gasteiger partial charge in [0.1, 0.15) is 5.75 Å². The lowest BCUT2D eigenvalue weighted by Gasteiger charge is -2.08. The van der Waals surface area contributed by atoms with Gasteiger partial charge in [-0.2, -0.15) is 0 Å². The zero-order valence-corrected chi connectivity index (χ0v) is 8.28. The monoisotopic (exact) mass is 192 g/mol. The molecule has 0 saturated heterocycles. The number of aromatic nitrogens is 1. The highest BCUT2D eigenvalue weighted by Crippen LogP contribution is 2.32. The Kier molecular flexibility index (Phi) is 2.99. The third kappa shape index (κ3) is 2.45. The van der Waals surface area contributed by atoms with E-state index in [9.17, 15) is 0 Å². The maximum absolute atomic E-state index is 5.64. The average Bonchev–Trinajstić information content (AvgIpc) is 3.03. The average molecular weight is 192 g/mol. The highest BCUT2D eigenvalue weighted by Gasteiger charge is 2.20. The minimum atomic E-state index is 0.444. The summed E-state index contributed by atoms with van der Waals surface area (Å²) in [5.41, 5.74) is 6.40. The fourth-order valence-corrected chi connectivity index (χ4v) is 1.45. The summed E-state index contributed by atoms with van der Waals surface area (Å²) in [7, 11) is 0. The van der Waals surface area contributed by atoms with Gasteiger partial charge in [0.25, 0.3) is 0 Å². The first kappa shape index (κ1) is 9.46. The highest BCUT2D eigenvalue weighted by atomic mass is 16.5. The molecule has 3 heteroatoms. The summed E-state index contributed by atoms with van der Waals surface area (Å²) in [4.78, 5) is 4.16. The van der Waals surface area contributed by atoms with Crippen molar-refractivity contribution in [1.29, 1.82) is 0 Å². The van der Waals surface area contributed by atoms with Crippen LogP contribution in [0.25, 0.3) is 0 Å². The molecule has 0 spiro atoms. The molecular formula is C11H16N2O. The van der Waals surface area contributed by atoms with E-state index >= 15 is 0 Å². The molecule has 0 atom stereocenters. The second-order valence-electron chi connectivity index (χ2n) is 3.73. The van der Waals surface area contributed by atoms with E-state index < -0.39 is 0 Å². The molecule has 0 amide bonds. The van der Waals surface area contributed by atoms with Gasteiger partial charge in [-0.3, -0.25) is 4.98 Å². The van der Waals surface area contributed by atoms with Crippen LogP contribution in [0.15, 0.2) is 18.3 Å². The smallest absolute Gasteiger partial charge is 0.142 e. The molecule has 1 fully saturated rings. The quantitative estimate of drug-likeness (QED) is 0.772. The second-order valence-corrected chi connectivity index (χ2v) is 3.73. The van der Waals surface area contributed by atoms with Gasteiger partial charge in [0.05, 0.1) is 12.3 Å². The molecule has 0 aromatic carbocycles. The van der Waals surface area contributed by atoms with Crippen LogP contribution in [0, 0.1) is 5.92 Å². The van der Waals surface area contributed by atoms with E-state index in [0.717, 1.165) is 24.0 Å². The van der Waals surface area contributed by atoms with Crippen molar-refractivity contribution < 1.29 is 4.74 Å². The Balaban J connectivity index is 1.86. The number of hydrogen-bond acceptors (Lipinski definition) is 3. The lowest BCUT2D eigenvalue weighted by Crippen LogP contribution is -2.05. The third-order valence-corrected chi connectivity index (χ3v) is 2.52. The number of nitrogens with two attached hydrogens (primary N) is 1. The van der Waals surface area contributed by atoms with E-state index in [1.165, 1.54) is 19.3 Å². The van der Waals surface area contributed by atoms with Gasteiger partial charge in [-0.25, -0.2) is 0 Å². The minimum Gasteiger partial charge on any atom is -0.492 e. The Bertz CT molecular complexity index is 297. The molecule has 14 heavy (non-hydrogen) atoms. The molecule has 1 heterocycles. The molecule has 2 rings (SSSR count). The van der Waals surface area contributed by atoms with E-state index in [2.05, 4.69) is 4.98 Å². The summed E-state index contributed by atoms with van der Waals surface area (Å²) in [5.74, 6) is 1.75. The van der Waals surface area contributed by atoms with Crippen LogP contribution in [0.5, 0.6) is 5.75 Å². The van der Waals surface area contributed by atoms with Gasteiger partial charge in [0.15, 0.2) is 0 Å². The lowest BCUT2D eigenvalue weighted by molar-refractivity contribution is 0.298. The Hall–Kier alpha value is -1.09. The van der Waals surface area contributed by atoms with Crippen molar-refractivity contribution in [2.24, 2.45) is 11.7 Å². The molecule has 3 nitrogen and oxygen atoms in total. The number of nitrogens with zero attached hydrogens (tertiary/aromatic N) is 1. The SMILES string of the molecule is NCc1ncccc1OCCC1CC1. The molecule has 0 bridgehead atoms. The lowest BCUT2D eigenvalue weighted by atomic mass is 10.3. The van der Waals surface area contributed by atoms with Crippen LogP contribution in [0.1, 0.15) is 25.0 Å². The number of pyridine rings is 1. The zero-order valence-electron chi connectivity index (χ0n) is 8.28. The molecule has 1 aromatic heterocycles. The fourth-order valence-electron chi connectivity index (χ4n) is 1.45. The summed E-state index contributed by atoms with van der Waals surface area (Å²) >= 11 is 0. The van der Waals surface area contributed by atoms with Crippen LogP contribution in [0.2, 0.25) is 0 Å². The van der Waals surface area contributed by atoms with Crippen molar-refractivity contribution in [2.45, 2.75) is 25.8 Å². The minimum absolute atomic E-state index is 0.444. The normalized spacial score (nSPS) is 15.5. The Labute approximate surface area is 84.3 Å². The molecule has 1 aromatic rings. The van der Waals surface area contributed by atoms with Crippen LogP contribution in [-0.2, 0) is 6.54 Å². The number of ether oxygens (including phenoxy) is 1. The molecule has 0 unspecified atom stereocenters. The summed E-state index contributed by atoms with van der Waals surface area (Å²) in [6, 6.07) is 3.81. The molecule has 2 N–H and O–H groups in total. The Morgan fingerprint density at radius 1 is 1.50 bits per heavy atom. The van der Waals surface area contributed by atoms with Crippen LogP contribution in [0.3, 0.4) is 0 Å². The van der Waals surface area contributed by atoms with Crippen LogP contribution in [-0.4, -0.2) is 11.6 Å². The fraction of sp³-hybridized carbons (Fsp3) is 0.545. The predicted octanol–water partition coefficient (Wildman–Crippen LogP) is 1.72. The van der Waals surface area contributed by atoms with Gasteiger partial charge in [-0.1, -0.05) is 12.8 Å². The summed E-state index contributed by atoms with van der Waals surface area (Å²) in [5, 5.41) is 0. The topological polar surface area (TPSA) is 48.1 Å². The van der Waals surface area contributed by atoms with Gasteiger partial charge in [-0.05, 0) is 24.5 Å². The standard InChI is InChI=1S/C11H16N2O/c12-8-10-11(2-1-6-13-10)14-7-5-9-3-4-9/h1-2,6,9H,3-5,7-8,12H2. The summed E-state index contributed by atoms with van der Waals surface area (Å²) in [6.45, 7) is 1.24. The molecule has 1 aliphatic carbocycles. The largest absolute Gasteiger partial charge is 0.492 e. The zero-order chi connectivity index (χ0) is 9.80. The molecule has 0 aliphatic heterocycles. The van der Waals surface area contributed by atoms with Gasteiger partial charge in [-0.15, -0.1) is 0 Å². The highest BCUT2D eigenvalue weighted by molar-refractivity contribution is 5.26. The third-order valence-electron chi connectivity index (χ3n) is 2.52. The second kappa shape index (κ2) is 4.42. The van der Waals surface area contributed by atoms with Crippen molar-refractivity contribution in [3.05, 3.63) is 24.0 Å². The van der Waals surface area contributed by atoms with Crippen molar-refractivity contribution in [3.63, 3.8) is 0 Å².